The molecule has 2 N–H and O–H groups in total. The average Bonchev–Trinajstić information content (AvgIpc) is 2.53. The molecule has 0 heterocycles. The largest absolute Gasteiger partial charge is 0.346 e. The Balaban J connectivity index is 2.04. The SMILES string of the molecule is CC(NC(=O)c1ccc(NS(C)(=O)=O)cc1)c1ccc(C(C)(C)C)cc1. The number of sulfonamides is 1. The van der Waals surface area contributed by atoms with Gasteiger partial charge in [0.1, 0.15) is 0 Å². The lowest BCUT2D eigenvalue weighted by Gasteiger charge is -2.20. The number of amides is 1. The fourth-order valence-corrected chi connectivity index (χ4v) is 3.10. The van der Waals surface area contributed by atoms with Crippen molar-refractivity contribution >= 4 is 21.6 Å². The number of benzene rings is 2. The highest BCUT2D eigenvalue weighted by Crippen LogP contribution is 2.24. The molecule has 140 valence electrons. The van der Waals surface area contributed by atoms with E-state index in [-0.39, 0.29) is 17.4 Å². The molecule has 2 aromatic carbocycles. The molecule has 5 nitrogen and oxygen atoms in total. The third kappa shape index (κ3) is 5.59. The number of carbonyl (C=O) groups excluding carboxylic acids is 1. The van der Waals surface area contributed by atoms with Crippen molar-refractivity contribution in [2.24, 2.45) is 0 Å². The van der Waals surface area contributed by atoms with Gasteiger partial charge in [0.05, 0.1) is 12.3 Å². The van der Waals surface area contributed by atoms with Crippen LogP contribution < -0.4 is 10.0 Å². The highest BCUT2D eigenvalue weighted by Gasteiger charge is 2.15. The van der Waals surface area contributed by atoms with Crippen LogP contribution in [0.15, 0.2) is 48.5 Å². The Bertz CT molecular complexity index is 865. The molecule has 2 aromatic rings. The lowest BCUT2D eigenvalue weighted by Crippen LogP contribution is -2.26. The fraction of sp³-hybridized carbons (Fsp3) is 0.350. The Labute approximate surface area is 155 Å². The maximum absolute atomic E-state index is 12.4. The zero-order chi connectivity index (χ0) is 19.5. The van der Waals surface area contributed by atoms with Gasteiger partial charge in [-0.25, -0.2) is 8.42 Å². The van der Waals surface area contributed by atoms with Crippen LogP contribution in [0.2, 0.25) is 0 Å². The summed E-state index contributed by atoms with van der Waals surface area (Å²) in [4.78, 5) is 12.4. The predicted octanol–water partition coefficient (Wildman–Crippen LogP) is 3.85. The summed E-state index contributed by atoms with van der Waals surface area (Å²) in [6.45, 7) is 8.42. The van der Waals surface area contributed by atoms with Crippen LogP contribution in [0.3, 0.4) is 0 Å². The molecule has 1 amide bonds. The van der Waals surface area contributed by atoms with Crippen LogP contribution in [0.1, 0.15) is 55.2 Å². The molecule has 26 heavy (non-hydrogen) atoms. The summed E-state index contributed by atoms with van der Waals surface area (Å²) in [6, 6.07) is 14.4. The number of hydrogen-bond donors (Lipinski definition) is 2. The topological polar surface area (TPSA) is 75.3 Å². The van der Waals surface area contributed by atoms with Gasteiger partial charge in [0.15, 0.2) is 0 Å². The van der Waals surface area contributed by atoms with Crippen molar-refractivity contribution in [2.45, 2.75) is 39.2 Å². The minimum absolute atomic E-state index is 0.0900. The molecule has 0 saturated carbocycles. The van der Waals surface area contributed by atoms with Crippen molar-refractivity contribution in [1.82, 2.24) is 5.32 Å². The Morgan fingerprint density at radius 2 is 1.50 bits per heavy atom. The zero-order valence-electron chi connectivity index (χ0n) is 15.8. The number of hydrogen-bond acceptors (Lipinski definition) is 3. The van der Waals surface area contributed by atoms with Crippen molar-refractivity contribution in [3.05, 3.63) is 65.2 Å². The molecule has 0 spiro atoms. The Kier molecular flexibility index (Phi) is 5.76. The summed E-state index contributed by atoms with van der Waals surface area (Å²) >= 11 is 0. The normalized spacial score (nSPS) is 13.1. The third-order valence-electron chi connectivity index (χ3n) is 4.07. The highest BCUT2D eigenvalue weighted by molar-refractivity contribution is 7.92. The molecular formula is C20H26N2O3S. The monoisotopic (exact) mass is 374 g/mol. The first kappa shape index (κ1) is 20.0. The van der Waals surface area contributed by atoms with E-state index in [4.69, 9.17) is 0 Å². The first-order valence-corrected chi connectivity index (χ1v) is 10.3. The van der Waals surface area contributed by atoms with Gasteiger partial charge in [-0.3, -0.25) is 9.52 Å². The summed E-state index contributed by atoms with van der Waals surface area (Å²) in [5.74, 6) is -0.205. The minimum Gasteiger partial charge on any atom is -0.346 e. The van der Waals surface area contributed by atoms with Crippen LogP contribution in [0, 0.1) is 0 Å². The second-order valence-electron chi connectivity index (χ2n) is 7.52. The van der Waals surface area contributed by atoms with Gasteiger partial charge >= 0.3 is 0 Å². The summed E-state index contributed by atoms with van der Waals surface area (Å²) in [5, 5.41) is 2.96. The first-order chi connectivity index (χ1) is 12.0. The summed E-state index contributed by atoms with van der Waals surface area (Å²) in [7, 11) is -3.33. The first-order valence-electron chi connectivity index (χ1n) is 8.45. The van der Waals surface area contributed by atoms with E-state index in [1.807, 2.05) is 19.1 Å². The highest BCUT2D eigenvalue weighted by atomic mass is 32.2. The van der Waals surface area contributed by atoms with Crippen LogP contribution in [0.25, 0.3) is 0 Å². The molecule has 0 aromatic heterocycles. The Morgan fingerprint density at radius 1 is 0.962 bits per heavy atom. The molecule has 2 rings (SSSR count). The molecule has 0 saturated heterocycles. The van der Waals surface area contributed by atoms with E-state index in [9.17, 15) is 13.2 Å². The third-order valence-corrected chi connectivity index (χ3v) is 4.68. The predicted molar refractivity (Wildman–Crippen MR) is 106 cm³/mol. The number of rotatable bonds is 5. The molecular weight excluding hydrogens is 348 g/mol. The van der Waals surface area contributed by atoms with Crippen LogP contribution >= 0.6 is 0 Å². The van der Waals surface area contributed by atoms with Gasteiger partial charge in [0.2, 0.25) is 10.0 Å². The summed E-state index contributed by atoms with van der Waals surface area (Å²) in [5.41, 5.74) is 3.26. The lowest BCUT2D eigenvalue weighted by atomic mass is 9.86. The van der Waals surface area contributed by atoms with Gasteiger partial charge in [-0.1, -0.05) is 45.0 Å². The molecule has 6 heteroatoms. The molecule has 1 unspecified atom stereocenters. The van der Waals surface area contributed by atoms with Crippen molar-refractivity contribution < 1.29 is 13.2 Å². The van der Waals surface area contributed by atoms with Crippen molar-refractivity contribution in [1.29, 1.82) is 0 Å². The second-order valence-corrected chi connectivity index (χ2v) is 9.27. The smallest absolute Gasteiger partial charge is 0.251 e. The van der Waals surface area contributed by atoms with Crippen molar-refractivity contribution in [2.75, 3.05) is 11.0 Å². The molecule has 0 bridgehead atoms. The summed E-state index contributed by atoms with van der Waals surface area (Å²) < 4.78 is 24.8. The van der Waals surface area contributed by atoms with Gasteiger partial charge in [0, 0.05) is 11.3 Å². The average molecular weight is 375 g/mol. The zero-order valence-corrected chi connectivity index (χ0v) is 16.6. The van der Waals surface area contributed by atoms with Crippen LogP contribution in [-0.4, -0.2) is 20.6 Å². The quantitative estimate of drug-likeness (QED) is 0.835. The molecule has 0 fully saturated rings. The van der Waals surface area contributed by atoms with Crippen LogP contribution in [0.4, 0.5) is 5.69 Å². The van der Waals surface area contributed by atoms with Crippen LogP contribution in [0.5, 0.6) is 0 Å². The van der Waals surface area contributed by atoms with E-state index in [1.54, 1.807) is 24.3 Å². The van der Waals surface area contributed by atoms with E-state index in [2.05, 4.69) is 42.9 Å². The molecule has 0 radical (unpaired) electrons. The van der Waals surface area contributed by atoms with Gasteiger partial charge in [0.25, 0.3) is 5.91 Å². The molecule has 1 atom stereocenters. The van der Waals surface area contributed by atoms with Gasteiger partial charge in [-0.05, 0) is 47.7 Å². The van der Waals surface area contributed by atoms with E-state index in [0.29, 0.717) is 11.3 Å². The van der Waals surface area contributed by atoms with Gasteiger partial charge < -0.3 is 5.32 Å². The number of anilines is 1. The standard InChI is InChI=1S/C20H26N2O3S/c1-14(15-6-10-17(11-7-15)20(2,3)4)21-19(23)16-8-12-18(13-9-16)22-26(5,24)25/h6-14,22H,1-5H3,(H,21,23). The maximum atomic E-state index is 12.4. The molecule has 0 aliphatic heterocycles. The maximum Gasteiger partial charge on any atom is 0.251 e. The second kappa shape index (κ2) is 7.50. The summed E-state index contributed by atoms with van der Waals surface area (Å²) in [6.07, 6.45) is 1.08. The van der Waals surface area contributed by atoms with E-state index >= 15 is 0 Å². The Hall–Kier alpha value is -2.34. The van der Waals surface area contributed by atoms with E-state index in [1.165, 1.54) is 5.56 Å². The molecule has 0 aliphatic rings. The number of nitrogens with one attached hydrogen (secondary N) is 2. The van der Waals surface area contributed by atoms with Gasteiger partial charge in [-0.15, -0.1) is 0 Å². The van der Waals surface area contributed by atoms with Crippen molar-refractivity contribution in [3.63, 3.8) is 0 Å². The van der Waals surface area contributed by atoms with Crippen LogP contribution in [-0.2, 0) is 15.4 Å². The number of carbonyl (C=O) groups is 1. The van der Waals surface area contributed by atoms with E-state index < -0.39 is 10.0 Å². The fourth-order valence-electron chi connectivity index (χ4n) is 2.54. The van der Waals surface area contributed by atoms with Crippen molar-refractivity contribution in [3.8, 4) is 0 Å². The lowest BCUT2D eigenvalue weighted by molar-refractivity contribution is 0.0940. The minimum atomic E-state index is -3.33. The van der Waals surface area contributed by atoms with E-state index in [0.717, 1.165) is 11.8 Å². The van der Waals surface area contributed by atoms with Gasteiger partial charge in [-0.2, -0.15) is 0 Å². The Morgan fingerprint density at radius 3 is 1.96 bits per heavy atom. The molecule has 0 aliphatic carbocycles.